The van der Waals surface area contributed by atoms with Gasteiger partial charge in [0.15, 0.2) is 0 Å². The van der Waals surface area contributed by atoms with Crippen LogP contribution in [0.15, 0.2) is 10.9 Å². The van der Waals surface area contributed by atoms with Crippen LogP contribution in [-0.2, 0) is 4.74 Å². The highest BCUT2D eigenvalue weighted by atomic mass is 32.1. The Labute approximate surface area is 69.4 Å². The molecule has 1 unspecified atom stereocenters. The Morgan fingerprint density at radius 1 is 1.73 bits per heavy atom. The van der Waals surface area contributed by atoms with E-state index in [-0.39, 0.29) is 0 Å². The van der Waals surface area contributed by atoms with E-state index >= 15 is 0 Å². The number of nitrogens with zero attached hydrogens (tertiary/aromatic N) is 1. The summed E-state index contributed by atoms with van der Waals surface area (Å²) in [5.74, 6) is 0. The SMILES string of the molecule is c1nc(C2COCCN2)cs1. The van der Waals surface area contributed by atoms with Crippen molar-refractivity contribution in [1.29, 1.82) is 0 Å². The fraction of sp³-hybridized carbons (Fsp3) is 0.571. The first-order valence-electron chi connectivity index (χ1n) is 3.66. The summed E-state index contributed by atoms with van der Waals surface area (Å²) in [5, 5.41) is 5.40. The normalized spacial score (nSPS) is 25.3. The van der Waals surface area contributed by atoms with Crippen molar-refractivity contribution in [1.82, 2.24) is 10.3 Å². The van der Waals surface area contributed by atoms with Crippen LogP contribution in [0.4, 0.5) is 0 Å². The van der Waals surface area contributed by atoms with E-state index in [2.05, 4.69) is 15.7 Å². The van der Waals surface area contributed by atoms with E-state index in [0.29, 0.717) is 6.04 Å². The van der Waals surface area contributed by atoms with Crippen LogP contribution in [0, 0.1) is 0 Å². The molecule has 2 rings (SSSR count). The highest BCUT2D eigenvalue weighted by molar-refractivity contribution is 7.07. The predicted octanol–water partition coefficient (Wildman–Crippen LogP) is 0.804. The Morgan fingerprint density at radius 3 is 3.36 bits per heavy atom. The van der Waals surface area contributed by atoms with Crippen LogP contribution in [0.3, 0.4) is 0 Å². The molecule has 11 heavy (non-hydrogen) atoms. The number of hydrogen-bond acceptors (Lipinski definition) is 4. The number of thiazole rings is 1. The number of morpholine rings is 1. The van der Waals surface area contributed by atoms with Gasteiger partial charge in [0.05, 0.1) is 30.5 Å². The van der Waals surface area contributed by atoms with Crippen molar-refractivity contribution in [3.8, 4) is 0 Å². The minimum absolute atomic E-state index is 0.315. The second-order valence-corrected chi connectivity index (χ2v) is 3.21. The highest BCUT2D eigenvalue weighted by Gasteiger charge is 2.15. The van der Waals surface area contributed by atoms with Crippen LogP contribution < -0.4 is 5.32 Å². The van der Waals surface area contributed by atoms with E-state index in [4.69, 9.17) is 4.74 Å². The van der Waals surface area contributed by atoms with E-state index in [1.807, 2.05) is 5.51 Å². The zero-order chi connectivity index (χ0) is 7.52. The van der Waals surface area contributed by atoms with E-state index in [1.54, 1.807) is 11.3 Å². The molecule has 1 N–H and O–H groups in total. The molecular weight excluding hydrogens is 160 g/mol. The molecule has 1 fully saturated rings. The maximum absolute atomic E-state index is 5.31. The van der Waals surface area contributed by atoms with Crippen molar-refractivity contribution in [3.63, 3.8) is 0 Å². The summed E-state index contributed by atoms with van der Waals surface area (Å²) in [7, 11) is 0. The van der Waals surface area contributed by atoms with Crippen LogP contribution >= 0.6 is 11.3 Å². The molecule has 0 aromatic carbocycles. The maximum Gasteiger partial charge on any atom is 0.0795 e. The lowest BCUT2D eigenvalue weighted by molar-refractivity contribution is 0.0758. The molecule has 0 bridgehead atoms. The van der Waals surface area contributed by atoms with Gasteiger partial charge >= 0.3 is 0 Å². The molecule has 1 aromatic rings. The van der Waals surface area contributed by atoms with Crippen molar-refractivity contribution >= 4 is 11.3 Å². The van der Waals surface area contributed by atoms with Gasteiger partial charge < -0.3 is 10.1 Å². The molecule has 1 aliphatic heterocycles. The van der Waals surface area contributed by atoms with Gasteiger partial charge in [-0.15, -0.1) is 11.3 Å². The largest absolute Gasteiger partial charge is 0.378 e. The zero-order valence-electron chi connectivity index (χ0n) is 6.12. The van der Waals surface area contributed by atoms with Crippen LogP contribution in [-0.4, -0.2) is 24.7 Å². The van der Waals surface area contributed by atoms with Gasteiger partial charge in [-0.2, -0.15) is 0 Å². The van der Waals surface area contributed by atoms with E-state index < -0.39 is 0 Å². The number of hydrogen-bond donors (Lipinski definition) is 1. The molecule has 0 spiro atoms. The fourth-order valence-electron chi connectivity index (χ4n) is 1.15. The topological polar surface area (TPSA) is 34.1 Å². The lowest BCUT2D eigenvalue weighted by Gasteiger charge is -2.21. The molecule has 3 nitrogen and oxygen atoms in total. The van der Waals surface area contributed by atoms with Crippen molar-refractivity contribution in [2.45, 2.75) is 6.04 Å². The lowest BCUT2D eigenvalue weighted by Crippen LogP contribution is -2.34. The van der Waals surface area contributed by atoms with Gasteiger partial charge in [0, 0.05) is 11.9 Å². The van der Waals surface area contributed by atoms with E-state index in [1.165, 1.54) is 0 Å². The summed E-state index contributed by atoms with van der Waals surface area (Å²) in [5.41, 5.74) is 2.96. The molecule has 1 saturated heterocycles. The molecule has 0 radical (unpaired) electrons. The molecule has 1 aliphatic rings. The van der Waals surface area contributed by atoms with E-state index in [9.17, 15) is 0 Å². The van der Waals surface area contributed by atoms with Crippen LogP contribution in [0.5, 0.6) is 0 Å². The van der Waals surface area contributed by atoms with Gasteiger partial charge in [0.25, 0.3) is 0 Å². The first-order valence-corrected chi connectivity index (χ1v) is 4.60. The number of aromatic nitrogens is 1. The fourth-order valence-corrected chi connectivity index (χ4v) is 1.76. The summed E-state index contributed by atoms with van der Waals surface area (Å²) in [4.78, 5) is 4.22. The van der Waals surface area contributed by atoms with Crippen LogP contribution in [0.2, 0.25) is 0 Å². The smallest absolute Gasteiger partial charge is 0.0795 e. The molecule has 2 heterocycles. The summed E-state index contributed by atoms with van der Waals surface area (Å²) < 4.78 is 5.31. The molecule has 4 heteroatoms. The van der Waals surface area contributed by atoms with Crippen LogP contribution in [0.25, 0.3) is 0 Å². The van der Waals surface area contributed by atoms with Gasteiger partial charge in [-0.1, -0.05) is 0 Å². The van der Waals surface area contributed by atoms with Crippen molar-refractivity contribution in [3.05, 3.63) is 16.6 Å². The Hall–Kier alpha value is -0.450. The first kappa shape index (κ1) is 7.21. The third-order valence-corrected chi connectivity index (χ3v) is 2.33. The van der Waals surface area contributed by atoms with Crippen molar-refractivity contribution < 1.29 is 4.74 Å². The van der Waals surface area contributed by atoms with Gasteiger partial charge in [0.1, 0.15) is 0 Å². The molecule has 0 amide bonds. The minimum Gasteiger partial charge on any atom is -0.378 e. The van der Waals surface area contributed by atoms with Crippen LogP contribution in [0.1, 0.15) is 11.7 Å². The number of ether oxygens (including phenoxy) is 1. The zero-order valence-corrected chi connectivity index (χ0v) is 6.93. The quantitative estimate of drug-likeness (QED) is 0.677. The second-order valence-electron chi connectivity index (χ2n) is 2.49. The predicted molar refractivity (Wildman–Crippen MR) is 43.7 cm³/mol. The summed E-state index contributed by atoms with van der Waals surface area (Å²) >= 11 is 1.63. The average molecular weight is 170 g/mol. The summed E-state index contributed by atoms with van der Waals surface area (Å²) in [6.07, 6.45) is 0. The Kier molecular flexibility index (Phi) is 2.16. The first-order chi connectivity index (χ1) is 5.47. The maximum atomic E-state index is 5.31. The molecule has 1 atom stereocenters. The third-order valence-electron chi connectivity index (χ3n) is 1.73. The summed E-state index contributed by atoms with van der Waals surface area (Å²) in [6, 6.07) is 0.315. The van der Waals surface area contributed by atoms with E-state index in [0.717, 1.165) is 25.5 Å². The molecule has 0 aliphatic carbocycles. The Bertz CT molecular complexity index is 206. The summed E-state index contributed by atoms with van der Waals surface area (Å²) in [6.45, 7) is 2.51. The minimum atomic E-state index is 0.315. The molecular formula is C7H10N2OS. The molecule has 0 saturated carbocycles. The molecule has 1 aromatic heterocycles. The standard InChI is InChI=1S/C7H10N2OS/c1-2-10-3-6(8-1)7-4-11-5-9-7/h4-6,8H,1-3H2. The van der Waals surface area contributed by atoms with Gasteiger partial charge in [-0.05, 0) is 0 Å². The van der Waals surface area contributed by atoms with Gasteiger partial charge in [0.2, 0.25) is 0 Å². The number of rotatable bonds is 1. The second kappa shape index (κ2) is 3.30. The number of nitrogens with one attached hydrogen (secondary N) is 1. The van der Waals surface area contributed by atoms with Gasteiger partial charge in [-0.25, -0.2) is 4.98 Å². The lowest BCUT2D eigenvalue weighted by atomic mass is 10.2. The average Bonchev–Trinajstić information content (AvgIpc) is 2.58. The Morgan fingerprint density at radius 2 is 2.73 bits per heavy atom. The van der Waals surface area contributed by atoms with Gasteiger partial charge in [-0.3, -0.25) is 0 Å². The monoisotopic (exact) mass is 170 g/mol. The highest BCUT2D eigenvalue weighted by Crippen LogP contribution is 2.14. The third kappa shape index (κ3) is 1.58. The van der Waals surface area contributed by atoms with Crippen molar-refractivity contribution in [2.24, 2.45) is 0 Å². The van der Waals surface area contributed by atoms with Crippen molar-refractivity contribution in [2.75, 3.05) is 19.8 Å². The Balaban J connectivity index is 2.04. The molecule has 60 valence electrons.